The lowest BCUT2D eigenvalue weighted by atomic mass is 10.1. The van der Waals surface area contributed by atoms with Crippen molar-refractivity contribution in [2.24, 2.45) is 5.84 Å². The van der Waals surface area contributed by atoms with Crippen LogP contribution in [0.4, 0.5) is 11.5 Å². The number of nitrogen functional groups attached to an aromatic ring is 1. The van der Waals surface area contributed by atoms with Gasteiger partial charge in [0.2, 0.25) is 6.33 Å². The van der Waals surface area contributed by atoms with Gasteiger partial charge in [-0.05, 0) is 35.9 Å². The first kappa shape index (κ1) is 17.9. The Labute approximate surface area is 162 Å². The van der Waals surface area contributed by atoms with Crippen molar-refractivity contribution in [1.82, 2.24) is 15.0 Å². The van der Waals surface area contributed by atoms with Gasteiger partial charge >= 0.3 is 0 Å². The second-order valence-electron chi connectivity index (χ2n) is 6.55. The van der Waals surface area contributed by atoms with Crippen LogP contribution in [0.2, 0.25) is 0 Å². The van der Waals surface area contributed by atoms with Gasteiger partial charge in [-0.15, -0.1) is 0 Å². The molecule has 142 valence electrons. The van der Waals surface area contributed by atoms with E-state index in [1.54, 1.807) is 23.6 Å². The molecule has 0 aliphatic carbocycles. The highest BCUT2D eigenvalue weighted by atomic mass is 16.3. The summed E-state index contributed by atoms with van der Waals surface area (Å²) in [4.78, 5) is 12.1. The topological polar surface area (TPSA) is 121 Å². The number of aliphatic hydroxyl groups is 1. The predicted octanol–water partition coefficient (Wildman–Crippen LogP) is 1.37. The number of nitrogens with one attached hydrogen (secondary N) is 1. The van der Waals surface area contributed by atoms with Crippen LogP contribution < -0.4 is 21.2 Å². The third-order valence-electron chi connectivity index (χ3n) is 4.51. The molecule has 1 aromatic carbocycles. The number of pyridine rings is 2. The zero-order valence-corrected chi connectivity index (χ0v) is 15.3. The molecule has 0 unspecified atom stereocenters. The standard InChI is InChI=1S/C20H21N7O/c21-16-4-6-18(19-12-26(8-9-28)13-24-19)25-20(16)27(22)11-14-3-5-17-15(10-14)2-1-7-23-17/h1-7,10,12-13,28H,8-9,11,21-22H2/p+1. The number of imidazole rings is 1. The third-order valence-corrected chi connectivity index (χ3v) is 4.51. The molecule has 0 saturated carbocycles. The van der Waals surface area contributed by atoms with E-state index >= 15 is 0 Å². The molecule has 6 N–H and O–H groups in total. The van der Waals surface area contributed by atoms with Crippen molar-refractivity contribution in [2.45, 2.75) is 13.1 Å². The number of rotatable bonds is 6. The lowest BCUT2D eigenvalue weighted by Gasteiger charge is -2.20. The molecule has 8 nitrogen and oxygen atoms in total. The summed E-state index contributed by atoms with van der Waals surface area (Å²) < 4.78 is 1.86. The maximum atomic E-state index is 9.07. The summed E-state index contributed by atoms with van der Waals surface area (Å²) in [5.74, 6) is 6.81. The van der Waals surface area contributed by atoms with Crippen molar-refractivity contribution in [3.05, 3.63) is 66.7 Å². The van der Waals surface area contributed by atoms with Gasteiger partial charge in [0.25, 0.3) is 0 Å². The fourth-order valence-corrected chi connectivity index (χ4v) is 3.11. The van der Waals surface area contributed by atoms with Gasteiger partial charge in [0.1, 0.15) is 18.4 Å². The molecule has 4 rings (SSSR count). The zero-order valence-electron chi connectivity index (χ0n) is 15.3. The zero-order chi connectivity index (χ0) is 19.5. The Balaban J connectivity index is 1.59. The molecule has 0 aliphatic rings. The first-order valence-electron chi connectivity index (χ1n) is 8.95. The van der Waals surface area contributed by atoms with Crippen LogP contribution in [-0.2, 0) is 13.1 Å². The van der Waals surface area contributed by atoms with Gasteiger partial charge in [0.15, 0.2) is 11.5 Å². The number of fused-ring (bicyclic) bond motifs is 1. The van der Waals surface area contributed by atoms with Gasteiger partial charge in [-0.3, -0.25) is 9.99 Å². The lowest BCUT2D eigenvalue weighted by Crippen LogP contribution is -2.32. The fraction of sp³-hybridized carbons (Fsp3) is 0.150. The van der Waals surface area contributed by atoms with Crippen molar-refractivity contribution in [3.8, 4) is 11.4 Å². The number of nitrogens with two attached hydrogens (primary N) is 2. The van der Waals surface area contributed by atoms with E-state index in [-0.39, 0.29) is 6.61 Å². The first-order chi connectivity index (χ1) is 13.6. The number of aromatic amines is 1. The van der Waals surface area contributed by atoms with Crippen LogP contribution in [0.3, 0.4) is 0 Å². The molecule has 0 radical (unpaired) electrons. The van der Waals surface area contributed by atoms with Crippen LogP contribution in [0.25, 0.3) is 22.3 Å². The van der Waals surface area contributed by atoms with Crippen LogP contribution in [-0.4, -0.2) is 26.7 Å². The summed E-state index contributed by atoms with van der Waals surface area (Å²) in [5, 5.41) is 11.7. The van der Waals surface area contributed by atoms with Crippen molar-refractivity contribution >= 4 is 22.4 Å². The number of hydrogen-bond donors (Lipinski definition) is 4. The molecule has 28 heavy (non-hydrogen) atoms. The van der Waals surface area contributed by atoms with E-state index < -0.39 is 0 Å². The highest BCUT2D eigenvalue weighted by Crippen LogP contribution is 2.25. The summed E-state index contributed by atoms with van der Waals surface area (Å²) >= 11 is 0. The summed E-state index contributed by atoms with van der Waals surface area (Å²) in [6, 6.07) is 13.6. The van der Waals surface area contributed by atoms with Gasteiger partial charge in [-0.2, -0.15) is 0 Å². The predicted molar refractivity (Wildman–Crippen MR) is 108 cm³/mol. The molecular formula is C20H22N7O+. The minimum absolute atomic E-state index is 0.0697. The molecule has 3 heterocycles. The second kappa shape index (κ2) is 7.63. The maximum absolute atomic E-state index is 9.07. The van der Waals surface area contributed by atoms with E-state index in [1.807, 2.05) is 41.1 Å². The number of aromatic nitrogens is 4. The molecule has 8 heteroatoms. The quantitative estimate of drug-likeness (QED) is 0.229. The van der Waals surface area contributed by atoms with E-state index in [0.29, 0.717) is 24.6 Å². The van der Waals surface area contributed by atoms with Crippen LogP contribution >= 0.6 is 0 Å². The largest absolute Gasteiger partial charge is 0.396 e. The highest BCUT2D eigenvalue weighted by Gasteiger charge is 2.15. The Morgan fingerprint density at radius 3 is 2.93 bits per heavy atom. The van der Waals surface area contributed by atoms with Gasteiger partial charge < -0.3 is 10.8 Å². The molecule has 0 aliphatic heterocycles. The van der Waals surface area contributed by atoms with Gasteiger partial charge in [0, 0.05) is 11.6 Å². The molecular weight excluding hydrogens is 354 g/mol. The van der Waals surface area contributed by atoms with E-state index in [9.17, 15) is 0 Å². The highest BCUT2D eigenvalue weighted by molar-refractivity contribution is 5.79. The molecule has 0 fully saturated rings. The molecule has 4 aromatic rings. The SMILES string of the molecule is Nc1ccc(-c2c[n+](CCO)c[nH]2)nc1N(N)Cc1ccc2ncccc2c1. The Morgan fingerprint density at radius 1 is 1.18 bits per heavy atom. The normalized spacial score (nSPS) is 11.1. The van der Waals surface area contributed by atoms with Gasteiger partial charge in [-0.1, -0.05) is 12.1 Å². The minimum Gasteiger partial charge on any atom is -0.396 e. The van der Waals surface area contributed by atoms with Crippen molar-refractivity contribution in [3.63, 3.8) is 0 Å². The number of nitrogens with zero attached hydrogens (tertiary/aromatic N) is 4. The molecule has 0 amide bonds. The Morgan fingerprint density at radius 2 is 2.07 bits per heavy atom. The lowest BCUT2D eigenvalue weighted by molar-refractivity contribution is -0.696. The Kier molecular flexibility index (Phi) is 4.88. The monoisotopic (exact) mass is 376 g/mol. The number of benzene rings is 1. The number of hydrogen-bond acceptors (Lipinski definition) is 6. The van der Waals surface area contributed by atoms with E-state index in [4.69, 9.17) is 16.7 Å². The summed E-state index contributed by atoms with van der Waals surface area (Å²) in [6.07, 6.45) is 5.44. The Hall–Kier alpha value is -3.49. The van der Waals surface area contributed by atoms with Crippen molar-refractivity contribution in [1.29, 1.82) is 0 Å². The van der Waals surface area contributed by atoms with Gasteiger partial charge in [-0.25, -0.2) is 20.4 Å². The van der Waals surface area contributed by atoms with Crippen LogP contribution in [0.15, 0.2) is 61.2 Å². The summed E-state index contributed by atoms with van der Waals surface area (Å²) in [5.41, 5.74) is 10.1. The smallest absolute Gasteiger partial charge is 0.242 e. The average Bonchev–Trinajstić information content (AvgIpc) is 3.17. The molecule has 0 atom stereocenters. The summed E-state index contributed by atoms with van der Waals surface area (Å²) in [7, 11) is 0. The van der Waals surface area contributed by atoms with Crippen LogP contribution in [0.5, 0.6) is 0 Å². The van der Waals surface area contributed by atoms with E-state index in [2.05, 4.69) is 21.0 Å². The van der Waals surface area contributed by atoms with E-state index in [0.717, 1.165) is 27.9 Å². The summed E-state index contributed by atoms with van der Waals surface area (Å²) in [6.45, 7) is 1.04. The van der Waals surface area contributed by atoms with Crippen molar-refractivity contribution in [2.75, 3.05) is 17.3 Å². The minimum atomic E-state index is 0.0697. The van der Waals surface area contributed by atoms with Gasteiger partial charge in [0.05, 0.1) is 24.4 Å². The number of aliphatic hydroxyl groups excluding tert-OH is 1. The molecule has 0 bridgehead atoms. The number of H-pyrrole nitrogens is 1. The van der Waals surface area contributed by atoms with E-state index in [1.165, 1.54) is 0 Å². The number of anilines is 2. The average molecular weight is 376 g/mol. The van der Waals surface area contributed by atoms with Crippen molar-refractivity contribution < 1.29 is 9.67 Å². The first-order valence-corrected chi connectivity index (χ1v) is 8.95. The molecule has 0 spiro atoms. The third kappa shape index (κ3) is 3.64. The fourth-order valence-electron chi connectivity index (χ4n) is 3.11. The molecule has 0 saturated heterocycles. The number of hydrazine groups is 1. The second-order valence-corrected chi connectivity index (χ2v) is 6.55. The van der Waals surface area contributed by atoms with Crippen LogP contribution in [0, 0.1) is 0 Å². The Bertz CT molecular complexity index is 1110. The maximum Gasteiger partial charge on any atom is 0.242 e. The van der Waals surface area contributed by atoms with Crippen LogP contribution in [0.1, 0.15) is 5.56 Å². The molecule has 3 aromatic heterocycles.